The number of thiophene rings is 1. The molecule has 0 saturated heterocycles. The molecule has 17 heavy (non-hydrogen) atoms. The highest BCUT2D eigenvalue weighted by molar-refractivity contribution is 9.11. The Morgan fingerprint density at radius 3 is 2.94 bits per heavy atom. The third kappa shape index (κ3) is 1.57. The van der Waals surface area contributed by atoms with Gasteiger partial charge in [-0.25, -0.2) is 0 Å². The zero-order chi connectivity index (χ0) is 12.0. The van der Waals surface area contributed by atoms with Crippen LogP contribution in [0.25, 0.3) is 21.1 Å². The Bertz CT molecular complexity index is 841. The summed E-state index contributed by atoms with van der Waals surface area (Å²) < 4.78 is 7.55. The molecule has 0 aliphatic carbocycles. The van der Waals surface area contributed by atoms with Crippen LogP contribution in [0, 0.1) is 16.7 Å². The van der Waals surface area contributed by atoms with Crippen LogP contribution in [-0.2, 0) is 0 Å². The van der Waals surface area contributed by atoms with E-state index in [1.165, 1.54) is 0 Å². The minimum atomic E-state index is -0.0881. The molecule has 5 heteroatoms. The Balaban J connectivity index is 2.55. The minimum absolute atomic E-state index is 0.0881. The molecule has 3 nitrogen and oxygen atoms in total. The number of halogens is 1. The largest absolute Gasteiger partial charge is 0.437 e. The predicted octanol–water partition coefficient (Wildman–Crippen LogP) is 3.76. The van der Waals surface area contributed by atoms with E-state index in [1.54, 1.807) is 17.4 Å². The van der Waals surface area contributed by atoms with Gasteiger partial charge in [0.05, 0.1) is 3.79 Å². The summed E-state index contributed by atoms with van der Waals surface area (Å²) in [7, 11) is 0. The van der Waals surface area contributed by atoms with Gasteiger partial charge in [-0.3, -0.25) is 5.41 Å². The molecule has 0 bridgehead atoms. The zero-order valence-corrected chi connectivity index (χ0v) is 10.9. The molecule has 1 N–H and O–H groups in total. The molecule has 1 aromatic carbocycles. The molecule has 0 atom stereocenters. The minimum Gasteiger partial charge on any atom is -0.437 e. The molecule has 3 aromatic rings. The number of benzene rings is 1. The SMILES string of the molecule is N#Cc1cc2ccc3sc(Br)cc3c2oc1=N. The number of nitriles is 1. The first-order chi connectivity index (χ1) is 8.19. The number of nitrogens with one attached hydrogen (secondary N) is 1. The highest BCUT2D eigenvalue weighted by Crippen LogP contribution is 2.34. The summed E-state index contributed by atoms with van der Waals surface area (Å²) in [6.07, 6.45) is 0. The van der Waals surface area contributed by atoms with E-state index in [9.17, 15) is 0 Å². The van der Waals surface area contributed by atoms with Crippen molar-refractivity contribution in [3.8, 4) is 6.07 Å². The second-order valence-electron chi connectivity index (χ2n) is 3.55. The third-order valence-electron chi connectivity index (χ3n) is 2.52. The maximum atomic E-state index is 8.86. The van der Waals surface area contributed by atoms with Gasteiger partial charge in [0.2, 0.25) is 5.55 Å². The molecule has 0 aliphatic heterocycles. The first-order valence-electron chi connectivity index (χ1n) is 4.79. The fourth-order valence-electron chi connectivity index (χ4n) is 1.76. The van der Waals surface area contributed by atoms with E-state index in [-0.39, 0.29) is 11.1 Å². The molecular weight excluding hydrogens is 300 g/mol. The van der Waals surface area contributed by atoms with Crippen LogP contribution in [0.4, 0.5) is 0 Å². The van der Waals surface area contributed by atoms with Crippen LogP contribution in [0.3, 0.4) is 0 Å². The summed E-state index contributed by atoms with van der Waals surface area (Å²) in [6.45, 7) is 0. The highest BCUT2D eigenvalue weighted by Gasteiger charge is 2.08. The average molecular weight is 305 g/mol. The molecule has 0 aliphatic rings. The lowest BCUT2D eigenvalue weighted by atomic mass is 10.1. The van der Waals surface area contributed by atoms with Crippen LogP contribution in [0.5, 0.6) is 0 Å². The van der Waals surface area contributed by atoms with Gasteiger partial charge in [0, 0.05) is 15.5 Å². The second kappa shape index (κ2) is 3.69. The summed E-state index contributed by atoms with van der Waals surface area (Å²) in [4.78, 5) is 0. The third-order valence-corrected chi connectivity index (χ3v) is 4.12. The van der Waals surface area contributed by atoms with E-state index in [1.807, 2.05) is 24.3 Å². The fourth-order valence-corrected chi connectivity index (χ4v) is 3.30. The topological polar surface area (TPSA) is 60.8 Å². The van der Waals surface area contributed by atoms with Gasteiger partial charge in [-0.1, -0.05) is 0 Å². The smallest absolute Gasteiger partial charge is 0.229 e. The first kappa shape index (κ1) is 10.5. The van der Waals surface area contributed by atoms with Gasteiger partial charge in [-0.05, 0) is 40.2 Å². The van der Waals surface area contributed by atoms with Crippen molar-refractivity contribution in [1.29, 1.82) is 10.7 Å². The van der Waals surface area contributed by atoms with Gasteiger partial charge in [-0.15, -0.1) is 11.3 Å². The van der Waals surface area contributed by atoms with Gasteiger partial charge < -0.3 is 4.42 Å². The molecule has 0 spiro atoms. The van der Waals surface area contributed by atoms with Gasteiger partial charge in [-0.2, -0.15) is 5.26 Å². The van der Waals surface area contributed by atoms with Crippen molar-refractivity contribution < 1.29 is 4.42 Å². The molecule has 2 aromatic heterocycles. The van der Waals surface area contributed by atoms with Crippen molar-refractivity contribution in [3.05, 3.63) is 39.2 Å². The molecule has 0 saturated carbocycles. The first-order valence-corrected chi connectivity index (χ1v) is 6.40. The van der Waals surface area contributed by atoms with Crippen LogP contribution in [0.1, 0.15) is 5.56 Å². The van der Waals surface area contributed by atoms with Gasteiger partial charge in [0.25, 0.3) is 0 Å². The van der Waals surface area contributed by atoms with E-state index in [0.29, 0.717) is 5.58 Å². The highest BCUT2D eigenvalue weighted by atomic mass is 79.9. The lowest BCUT2D eigenvalue weighted by molar-refractivity contribution is 0.533. The van der Waals surface area contributed by atoms with Gasteiger partial charge >= 0.3 is 0 Å². The van der Waals surface area contributed by atoms with E-state index in [0.717, 1.165) is 19.3 Å². The summed E-state index contributed by atoms with van der Waals surface area (Å²) in [5.74, 6) is 0. The molecule has 0 fully saturated rings. The molecule has 0 radical (unpaired) electrons. The number of nitrogens with zero attached hydrogens (tertiary/aromatic N) is 1. The quantitative estimate of drug-likeness (QED) is 0.687. The van der Waals surface area contributed by atoms with Crippen LogP contribution in [0.15, 0.2) is 32.5 Å². The van der Waals surface area contributed by atoms with Crippen molar-refractivity contribution in [3.63, 3.8) is 0 Å². The van der Waals surface area contributed by atoms with E-state index in [4.69, 9.17) is 15.1 Å². The number of hydrogen-bond acceptors (Lipinski definition) is 4. The molecular formula is C12H5BrN2OS. The second-order valence-corrected chi connectivity index (χ2v) is 6.01. The number of rotatable bonds is 0. The Hall–Kier alpha value is -1.64. The average Bonchev–Trinajstić information content (AvgIpc) is 2.69. The van der Waals surface area contributed by atoms with Crippen LogP contribution < -0.4 is 5.55 Å². The standard InChI is InChI=1S/C12H5BrN2OS/c13-10-4-8-9(17-10)2-1-6-3-7(5-14)12(15)16-11(6)8/h1-4,15H. The molecule has 2 heterocycles. The zero-order valence-electron chi connectivity index (χ0n) is 8.45. The number of fused-ring (bicyclic) bond motifs is 3. The molecule has 3 rings (SSSR count). The van der Waals surface area contributed by atoms with Crippen LogP contribution in [-0.4, -0.2) is 0 Å². The van der Waals surface area contributed by atoms with Crippen molar-refractivity contribution in [2.24, 2.45) is 0 Å². The Kier molecular flexibility index (Phi) is 2.28. The van der Waals surface area contributed by atoms with E-state index >= 15 is 0 Å². The molecule has 0 amide bonds. The van der Waals surface area contributed by atoms with Crippen molar-refractivity contribution in [1.82, 2.24) is 0 Å². The van der Waals surface area contributed by atoms with Crippen molar-refractivity contribution >= 4 is 48.3 Å². The summed E-state index contributed by atoms with van der Waals surface area (Å²) in [5, 5.41) is 18.3. The Morgan fingerprint density at radius 1 is 1.35 bits per heavy atom. The fraction of sp³-hybridized carbons (Fsp3) is 0. The molecule has 0 unspecified atom stereocenters. The summed E-state index contributed by atoms with van der Waals surface area (Å²) in [6, 6.07) is 9.51. The Labute approximate surface area is 109 Å². The van der Waals surface area contributed by atoms with Gasteiger partial charge in [0.1, 0.15) is 17.2 Å². The van der Waals surface area contributed by atoms with Crippen LogP contribution in [0.2, 0.25) is 0 Å². The summed E-state index contributed by atoms with van der Waals surface area (Å²) in [5.41, 5.74) is 0.828. The Morgan fingerprint density at radius 2 is 2.18 bits per heavy atom. The van der Waals surface area contributed by atoms with Crippen molar-refractivity contribution in [2.75, 3.05) is 0 Å². The maximum absolute atomic E-state index is 8.86. The monoisotopic (exact) mass is 304 g/mol. The lowest BCUT2D eigenvalue weighted by Crippen LogP contribution is -2.03. The number of hydrogen-bond donors (Lipinski definition) is 1. The van der Waals surface area contributed by atoms with E-state index in [2.05, 4.69) is 15.9 Å². The van der Waals surface area contributed by atoms with E-state index < -0.39 is 0 Å². The normalized spacial score (nSPS) is 10.8. The van der Waals surface area contributed by atoms with Gasteiger partial charge in [0.15, 0.2) is 0 Å². The summed E-state index contributed by atoms with van der Waals surface area (Å²) >= 11 is 5.05. The lowest BCUT2D eigenvalue weighted by Gasteiger charge is -1.99. The predicted molar refractivity (Wildman–Crippen MR) is 69.9 cm³/mol. The van der Waals surface area contributed by atoms with Crippen molar-refractivity contribution in [2.45, 2.75) is 0 Å². The van der Waals surface area contributed by atoms with Crippen LogP contribution >= 0.6 is 27.3 Å². The maximum Gasteiger partial charge on any atom is 0.229 e. The molecule has 82 valence electrons.